The monoisotopic (exact) mass is 356 g/mol. The SMILES string of the molecule is O=C(c1cccc([N+](=O)[O-])c1Br)N(CCCO)C1CCC1. The van der Waals surface area contributed by atoms with Crippen LogP contribution in [0.1, 0.15) is 36.0 Å². The average molecular weight is 357 g/mol. The van der Waals surface area contributed by atoms with Gasteiger partial charge in [-0.3, -0.25) is 14.9 Å². The third-order valence-corrected chi connectivity index (χ3v) is 4.57. The van der Waals surface area contributed by atoms with Crippen LogP contribution in [-0.2, 0) is 0 Å². The molecule has 0 heterocycles. The zero-order chi connectivity index (χ0) is 15.4. The van der Waals surface area contributed by atoms with E-state index < -0.39 is 4.92 Å². The fourth-order valence-corrected chi connectivity index (χ4v) is 2.95. The molecular formula is C14H17BrN2O4. The summed E-state index contributed by atoms with van der Waals surface area (Å²) in [7, 11) is 0. The summed E-state index contributed by atoms with van der Waals surface area (Å²) in [5.41, 5.74) is 0.186. The minimum absolute atomic E-state index is 0.0204. The van der Waals surface area contributed by atoms with Crippen LogP contribution >= 0.6 is 15.9 Å². The molecule has 1 saturated carbocycles. The summed E-state index contributed by atoms with van der Waals surface area (Å²) in [5, 5.41) is 19.9. The number of carbonyl (C=O) groups excluding carboxylic acids is 1. The first-order valence-electron chi connectivity index (χ1n) is 6.91. The van der Waals surface area contributed by atoms with Crippen molar-refractivity contribution in [3.63, 3.8) is 0 Å². The smallest absolute Gasteiger partial charge is 0.284 e. The topological polar surface area (TPSA) is 83.7 Å². The van der Waals surface area contributed by atoms with Crippen molar-refractivity contribution in [2.75, 3.05) is 13.2 Å². The van der Waals surface area contributed by atoms with E-state index in [0.717, 1.165) is 19.3 Å². The summed E-state index contributed by atoms with van der Waals surface area (Å²) in [6.45, 7) is 0.488. The highest BCUT2D eigenvalue weighted by Crippen LogP contribution is 2.32. The van der Waals surface area contributed by atoms with Crippen LogP contribution in [0.2, 0.25) is 0 Å². The molecule has 1 aromatic rings. The lowest BCUT2D eigenvalue weighted by molar-refractivity contribution is -0.385. The number of nitrogens with zero attached hydrogens (tertiary/aromatic N) is 2. The lowest BCUT2D eigenvalue weighted by atomic mass is 9.90. The number of carbonyl (C=O) groups is 1. The van der Waals surface area contributed by atoms with Gasteiger partial charge < -0.3 is 10.0 Å². The van der Waals surface area contributed by atoms with E-state index in [0.29, 0.717) is 18.5 Å². The van der Waals surface area contributed by atoms with Crippen LogP contribution in [-0.4, -0.2) is 40.0 Å². The largest absolute Gasteiger partial charge is 0.396 e. The molecule has 0 atom stereocenters. The minimum atomic E-state index is -0.512. The van der Waals surface area contributed by atoms with Crippen LogP contribution < -0.4 is 0 Å². The number of hydrogen-bond donors (Lipinski definition) is 1. The van der Waals surface area contributed by atoms with Crippen molar-refractivity contribution in [2.45, 2.75) is 31.7 Å². The van der Waals surface area contributed by atoms with E-state index in [2.05, 4.69) is 15.9 Å². The quantitative estimate of drug-likeness (QED) is 0.627. The van der Waals surface area contributed by atoms with Gasteiger partial charge in [0.2, 0.25) is 0 Å². The minimum Gasteiger partial charge on any atom is -0.396 e. The van der Waals surface area contributed by atoms with Crippen molar-refractivity contribution in [1.82, 2.24) is 4.90 Å². The third-order valence-electron chi connectivity index (χ3n) is 3.74. The number of rotatable bonds is 6. The summed E-state index contributed by atoms with van der Waals surface area (Å²) in [5.74, 6) is -0.219. The van der Waals surface area contributed by atoms with Crippen LogP contribution in [0.25, 0.3) is 0 Å². The number of aliphatic hydroxyl groups is 1. The lowest BCUT2D eigenvalue weighted by Crippen LogP contribution is -2.45. The highest BCUT2D eigenvalue weighted by molar-refractivity contribution is 9.10. The van der Waals surface area contributed by atoms with E-state index in [1.54, 1.807) is 11.0 Å². The van der Waals surface area contributed by atoms with Gasteiger partial charge in [0, 0.05) is 25.3 Å². The van der Waals surface area contributed by atoms with Crippen molar-refractivity contribution in [1.29, 1.82) is 0 Å². The Morgan fingerprint density at radius 2 is 2.19 bits per heavy atom. The molecule has 0 spiro atoms. The first-order valence-corrected chi connectivity index (χ1v) is 7.70. The van der Waals surface area contributed by atoms with E-state index in [4.69, 9.17) is 5.11 Å². The lowest BCUT2D eigenvalue weighted by Gasteiger charge is -2.37. The van der Waals surface area contributed by atoms with Gasteiger partial charge in [-0.15, -0.1) is 0 Å². The molecule has 0 bridgehead atoms. The van der Waals surface area contributed by atoms with Gasteiger partial charge in [-0.25, -0.2) is 0 Å². The van der Waals surface area contributed by atoms with E-state index in [1.165, 1.54) is 12.1 Å². The van der Waals surface area contributed by atoms with Crippen molar-refractivity contribution in [3.05, 3.63) is 38.3 Å². The maximum atomic E-state index is 12.7. The zero-order valence-corrected chi connectivity index (χ0v) is 13.1. The Morgan fingerprint density at radius 3 is 2.71 bits per heavy atom. The molecular weight excluding hydrogens is 340 g/mol. The Balaban J connectivity index is 2.27. The molecule has 7 heteroatoms. The van der Waals surface area contributed by atoms with E-state index in [-0.39, 0.29) is 28.7 Å². The van der Waals surface area contributed by atoms with Crippen molar-refractivity contribution in [2.24, 2.45) is 0 Å². The van der Waals surface area contributed by atoms with Crippen LogP contribution in [0.15, 0.2) is 22.7 Å². The Morgan fingerprint density at radius 1 is 1.48 bits per heavy atom. The van der Waals surface area contributed by atoms with Crippen LogP contribution in [0.3, 0.4) is 0 Å². The molecule has 1 aliphatic carbocycles. The molecule has 0 saturated heterocycles. The predicted octanol–water partition coefficient (Wildman–Crippen LogP) is 2.73. The molecule has 2 rings (SSSR count). The second-order valence-electron chi connectivity index (χ2n) is 5.06. The normalized spacial score (nSPS) is 14.6. The number of hydrogen-bond acceptors (Lipinski definition) is 4. The maximum Gasteiger partial charge on any atom is 0.284 e. The Bertz CT molecular complexity index is 546. The predicted molar refractivity (Wildman–Crippen MR) is 81.2 cm³/mol. The summed E-state index contributed by atoms with van der Waals surface area (Å²) < 4.78 is 0.216. The third kappa shape index (κ3) is 3.41. The first kappa shape index (κ1) is 15.9. The number of halogens is 1. The highest BCUT2D eigenvalue weighted by atomic mass is 79.9. The van der Waals surface area contributed by atoms with Gasteiger partial charge in [0.25, 0.3) is 11.6 Å². The second kappa shape index (κ2) is 7.00. The summed E-state index contributed by atoms with van der Waals surface area (Å²) >= 11 is 3.17. The second-order valence-corrected chi connectivity index (χ2v) is 5.85. The average Bonchev–Trinajstić information content (AvgIpc) is 2.40. The van der Waals surface area contributed by atoms with Crippen LogP contribution in [0.5, 0.6) is 0 Å². The molecule has 0 aromatic heterocycles. The molecule has 0 unspecified atom stereocenters. The van der Waals surface area contributed by atoms with Crippen LogP contribution in [0.4, 0.5) is 5.69 Å². The Hall–Kier alpha value is -1.47. The van der Waals surface area contributed by atoms with E-state index in [9.17, 15) is 14.9 Å². The number of nitro groups is 1. The highest BCUT2D eigenvalue weighted by Gasteiger charge is 2.31. The van der Waals surface area contributed by atoms with Crippen molar-refractivity contribution < 1.29 is 14.8 Å². The number of amides is 1. The van der Waals surface area contributed by atoms with E-state index >= 15 is 0 Å². The Labute approximate surface area is 131 Å². The molecule has 0 radical (unpaired) electrons. The van der Waals surface area contributed by atoms with Crippen LogP contribution in [0, 0.1) is 10.1 Å². The fourth-order valence-electron chi connectivity index (χ4n) is 2.37. The fraction of sp³-hybridized carbons (Fsp3) is 0.500. The van der Waals surface area contributed by atoms with Gasteiger partial charge >= 0.3 is 0 Å². The Kier molecular flexibility index (Phi) is 5.30. The van der Waals surface area contributed by atoms with Gasteiger partial charge in [-0.05, 0) is 47.7 Å². The molecule has 1 aliphatic rings. The maximum absolute atomic E-state index is 12.7. The molecule has 1 amide bonds. The molecule has 21 heavy (non-hydrogen) atoms. The number of nitro benzene ring substituents is 1. The molecule has 114 valence electrons. The van der Waals surface area contributed by atoms with Crippen molar-refractivity contribution >= 4 is 27.5 Å². The molecule has 1 fully saturated rings. The van der Waals surface area contributed by atoms with Gasteiger partial charge in [0.1, 0.15) is 4.47 Å². The van der Waals surface area contributed by atoms with Gasteiger partial charge in [-0.2, -0.15) is 0 Å². The van der Waals surface area contributed by atoms with Gasteiger partial charge in [0.15, 0.2) is 0 Å². The molecule has 6 nitrogen and oxygen atoms in total. The standard InChI is InChI=1S/C14H17BrN2O4/c15-13-11(6-2-7-12(13)17(20)21)14(19)16(8-3-9-18)10-4-1-5-10/h2,6-7,10,18H,1,3-5,8-9H2. The number of benzene rings is 1. The van der Waals surface area contributed by atoms with Crippen molar-refractivity contribution in [3.8, 4) is 0 Å². The molecule has 0 aliphatic heterocycles. The van der Waals surface area contributed by atoms with E-state index in [1.807, 2.05) is 0 Å². The van der Waals surface area contributed by atoms with Gasteiger partial charge in [0.05, 0.1) is 10.5 Å². The summed E-state index contributed by atoms with van der Waals surface area (Å²) in [6, 6.07) is 4.64. The zero-order valence-electron chi connectivity index (χ0n) is 11.5. The summed E-state index contributed by atoms with van der Waals surface area (Å²) in [6.07, 6.45) is 3.49. The van der Waals surface area contributed by atoms with Gasteiger partial charge in [-0.1, -0.05) is 6.07 Å². The molecule has 1 N–H and O–H groups in total. The molecule has 1 aromatic carbocycles. The summed E-state index contributed by atoms with van der Waals surface area (Å²) in [4.78, 5) is 24.8. The number of aliphatic hydroxyl groups excluding tert-OH is 1. The first-order chi connectivity index (χ1) is 10.1.